The van der Waals surface area contributed by atoms with Crippen LogP contribution in [0.5, 0.6) is 0 Å². The maximum Gasteiger partial charge on any atom is 0.317 e. The number of nitrogens with zero attached hydrogens (tertiary/aromatic N) is 1. The molecule has 1 N–H and O–H groups in total. The van der Waals surface area contributed by atoms with E-state index in [2.05, 4.69) is 5.32 Å². The molecular weight excluding hydrogens is 299 g/mol. The summed E-state index contributed by atoms with van der Waals surface area (Å²) < 4.78 is 18.6. The van der Waals surface area contributed by atoms with Crippen molar-refractivity contribution in [3.8, 4) is 0 Å². The van der Waals surface area contributed by atoms with Crippen molar-refractivity contribution >= 4 is 12.0 Å². The normalized spacial score (nSPS) is 26.0. The lowest BCUT2D eigenvalue weighted by Crippen LogP contribution is -2.42. The molecule has 2 amide bonds. The first-order chi connectivity index (χ1) is 10.9. The summed E-state index contributed by atoms with van der Waals surface area (Å²) in [7, 11) is 1.36. The minimum absolute atomic E-state index is 0.168. The second kappa shape index (κ2) is 5.83. The summed E-state index contributed by atoms with van der Waals surface area (Å²) in [6.45, 7) is 2.67. The van der Waals surface area contributed by atoms with Gasteiger partial charge in [-0.15, -0.1) is 0 Å². The number of halogens is 1. The lowest BCUT2D eigenvalue weighted by molar-refractivity contribution is -0.150. The lowest BCUT2D eigenvalue weighted by atomic mass is 9.90. The van der Waals surface area contributed by atoms with Gasteiger partial charge >= 0.3 is 12.0 Å². The molecule has 1 fully saturated rings. The minimum Gasteiger partial charge on any atom is -0.469 e. The fraction of sp³-hybridized carbons (Fsp3) is 0.529. The molecule has 1 aliphatic carbocycles. The summed E-state index contributed by atoms with van der Waals surface area (Å²) in [4.78, 5) is 25.9. The van der Waals surface area contributed by atoms with E-state index in [4.69, 9.17) is 4.74 Å². The number of methoxy groups -OCH3 is 1. The number of ether oxygens (including phenoxy) is 1. The summed E-state index contributed by atoms with van der Waals surface area (Å²) in [6.07, 6.45) is 1.92. The SMILES string of the molecule is COC(=O)[C@]1(C)CCN(C(=O)N[C@H]2CCc3c(F)cccc32)C1. The molecule has 6 heteroatoms. The fourth-order valence-electron chi connectivity index (χ4n) is 3.55. The zero-order chi connectivity index (χ0) is 16.6. The first-order valence-corrected chi connectivity index (χ1v) is 7.86. The van der Waals surface area contributed by atoms with Gasteiger partial charge in [0.2, 0.25) is 0 Å². The number of carbonyl (C=O) groups is 2. The average Bonchev–Trinajstić information content (AvgIpc) is 3.13. The van der Waals surface area contributed by atoms with Gasteiger partial charge < -0.3 is 15.0 Å². The molecule has 0 aromatic heterocycles. The smallest absolute Gasteiger partial charge is 0.317 e. The van der Waals surface area contributed by atoms with Crippen LogP contribution in [0.25, 0.3) is 0 Å². The van der Waals surface area contributed by atoms with E-state index in [1.54, 1.807) is 11.0 Å². The summed E-state index contributed by atoms with van der Waals surface area (Å²) >= 11 is 0. The van der Waals surface area contributed by atoms with E-state index in [0.717, 1.165) is 5.56 Å². The summed E-state index contributed by atoms with van der Waals surface area (Å²) in [5.41, 5.74) is 0.901. The third-order valence-electron chi connectivity index (χ3n) is 4.95. The highest BCUT2D eigenvalue weighted by Gasteiger charge is 2.43. The van der Waals surface area contributed by atoms with Crippen LogP contribution < -0.4 is 5.32 Å². The van der Waals surface area contributed by atoms with Crippen LogP contribution in [-0.2, 0) is 16.0 Å². The highest BCUT2D eigenvalue weighted by atomic mass is 19.1. The number of esters is 1. The molecule has 124 valence electrons. The van der Waals surface area contributed by atoms with E-state index in [1.807, 2.05) is 13.0 Å². The largest absolute Gasteiger partial charge is 0.469 e. The van der Waals surface area contributed by atoms with Crippen LogP contribution in [-0.4, -0.2) is 37.1 Å². The second-order valence-corrected chi connectivity index (χ2v) is 6.57. The maximum absolute atomic E-state index is 13.8. The molecule has 0 spiro atoms. The topological polar surface area (TPSA) is 58.6 Å². The fourth-order valence-corrected chi connectivity index (χ4v) is 3.55. The lowest BCUT2D eigenvalue weighted by Gasteiger charge is -2.24. The highest BCUT2D eigenvalue weighted by molar-refractivity contribution is 5.80. The van der Waals surface area contributed by atoms with Gasteiger partial charge in [-0.25, -0.2) is 9.18 Å². The molecule has 0 bridgehead atoms. The van der Waals surface area contributed by atoms with Gasteiger partial charge in [0.1, 0.15) is 5.82 Å². The molecular formula is C17H21FN2O3. The van der Waals surface area contributed by atoms with Crippen LogP contribution in [0, 0.1) is 11.2 Å². The Morgan fingerprint density at radius 1 is 1.43 bits per heavy atom. The van der Waals surface area contributed by atoms with Crippen LogP contribution in [0.2, 0.25) is 0 Å². The highest BCUT2D eigenvalue weighted by Crippen LogP contribution is 2.34. The predicted molar refractivity (Wildman–Crippen MR) is 82.3 cm³/mol. The third kappa shape index (κ3) is 2.78. The number of carbonyl (C=O) groups excluding carboxylic acids is 2. The van der Waals surface area contributed by atoms with Crippen molar-refractivity contribution in [2.24, 2.45) is 5.41 Å². The molecule has 5 nitrogen and oxygen atoms in total. The Labute approximate surface area is 134 Å². The molecule has 3 rings (SSSR count). The Morgan fingerprint density at radius 3 is 2.96 bits per heavy atom. The number of rotatable bonds is 2. The summed E-state index contributed by atoms with van der Waals surface area (Å²) in [5, 5.41) is 2.97. The van der Waals surface area contributed by atoms with Crippen LogP contribution in [0.15, 0.2) is 18.2 Å². The number of fused-ring (bicyclic) bond motifs is 1. The van der Waals surface area contributed by atoms with Gasteiger partial charge in [-0.05, 0) is 43.4 Å². The zero-order valence-corrected chi connectivity index (χ0v) is 13.4. The third-order valence-corrected chi connectivity index (χ3v) is 4.95. The van der Waals surface area contributed by atoms with Gasteiger partial charge in [0.05, 0.1) is 18.6 Å². The van der Waals surface area contributed by atoms with Crippen molar-refractivity contribution < 1.29 is 18.7 Å². The minimum atomic E-state index is -0.647. The van der Waals surface area contributed by atoms with Crippen molar-refractivity contribution in [1.29, 1.82) is 0 Å². The molecule has 1 saturated heterocycles. The summed E-state index contributed by atoms with van der Waals surface area (Å²) in [5.74, 6) is -0.500. The Balaban J connectivity index is 1.66. The molecule has 0 unspecified atom stereocenters. The molecule has 0 radical (unpaired) electrons. The van der Waals surface area contributed by atoms with Gasteiger partial charge in [0.15, 0.2) is 0 Å². The molecule has 1 aromatic carbocycles. The van der Waals surface area contributed by atoms with Gasteiger partial charge in [0, 0.05) is 13.1 Å². The number of benzene rings is 1. The number of likely N-dealkylation sites (tertiary alicyclic amines) is 1. The van der Waals surface area contributed by atoms with E-state index in [0.29, 0.717) is 37.9 Å². The van der Waals surface area contributed by atoms with Gasteiger partial charge in [-0.2, -0.15) is 0 Å². The predicted octanol–water partition coefficient (Wildman–Crippen LogP) is 2.41. The molecule has 2 atom stereocenters. The number of amides is 2. The Kier molecular flexibility index (Phi) is 4.00. The van der Waals surface area contributed by atoms with Crippen LogP contribution in [0.3, 0.4) is 0 Å². The number of urea groups is 1. The summed E-state index contributed by atoms with van der Waals surface area (Å²) in [6, 6.07) is 4.60. The van der Waals surface area contributed by atoms with E-state index < -0.39 is 5.41 Å². The van der Waals surface area contributed by atoms with Gasteiger partial charge in [-0.3, -0.25) is 4.79 Å². The first kappa shape index (κ1) is 15.8. The van der Waals surface area contributed by atoms with Crippen molar-refractivity contribution in [1.82, 2.24) is 10.2 Å². The Bertz CT molecular complexity index is 649. The van der Waals surface area contributed by atoms with Crippen molar-refractivity contribution in [2.45, 2.75) is 32.2 Å². The monoisotopic (exact) mass is 320 g/mol. The van der Waals surface area contributed by atoms with E-state index in [-0.39, 0.29) is 23.9 Å². The maximum atomic E-state index is 13.8. The number of hydrogen-bond acceptors (Lipinski definition) is 3. The van der Waals surface area contributed by atoms with Gasteiger partial charge in [-0.1, -0.05) is 12.1 Å². The molecule has 1 aromatic rings. The Morgan fingerprint density at radius 2 is 2.22 bits per heavy atom. The Hall–Kier alpha value is -2.11. The van der Waals surface area contributed by atoms with E-state index in [1.165, 1.54) is 13.2 Å². The molecule has 1 heterocycles. The van der Waals surface area contributed by atoms with E-state index in [9.17, 15) is 14.0 Å². The average molecular weight is 320 g/mol. The van der Waals surface area contributed by atoms with E-state index >= 15 is 0 Å². The zero-order valence-electron chi connectivity index (χ0n) is 13.4. The first-order valence-electron chi connectivity index (χ1n) is 7.86. The van der Waals surface area contributed by atoms with Crippen molar-refractivity contribution in [3.05, 3.63) is 35.1 Å². The number of nitrogens with one attached hydrogen (secondary N) is 1. The standard InChI is InChI=1S/C17H21FN2O3/c1-17(15(21)23-2)8-9-20(10-17)16(22)19-14-7-6-11-12(14)4-3-5-13(11)18/h3-5,14H,6-10H2,1-2H3,(H,19,22)/t14-,17+/m0/s1. The molecule has 0 saturated carbocycles. The van der Waals surface area contributed by atoms with Gasteiger partial charge in [0.25, 0.3) is 0 Å². The van der Waals surface area contributed by atoms with Crippen LogP contribution >= 0.6 is 0 Å². The molecule has 2 aliphatic rings. The second-order valence-electron chi connectivity index (χ2n) is 6.57. The van der Waals surface area contributed by atoms with Crippen LogP contribution in [0.1, 0.15) is 36.9 Å². The quantitative estimate of drug-likeness (QED) is 0.851. The van der Waals surface area contributed by atoms with Crippen LogP contribution in [0.4, 0.5) is 9.18 Å². The molecule has 1 aliphatic heterocycles. The number of hydrogen-bond donors (Lipinski definition) is 1. The van der Waals surface area contributed by atoms with Crippen molar-refractivity contribution in [3.63, 3.8) is 0 Å². The van der Waals surface area contributed by atoms with Crippen molar-refractivity contribution in [2.75, 3.05) is 20.2 Å². The molecule has 23 heavy (non-hydrogen) atoms.